The summed E-state index contributed by atoms with van der Waals surface area (Å²) in [6.07, 6.45) is 3.29. The van der Waals surface area contributed by atoms with Gasteiger partial charge in [-0.3, -0.25) is 14.4 Å². The van der Waals surface area contributed by atoms with Crippen molar-refractivity contribution in [3.05, 3.63) is 84.9 Å². The van der Waals surface area contributed by atoms with Gasteiger partial charge in [-0.1, -0.05) is 11.6 Å². The summed E-state index contributed by atoms with van der Waals surface area (Å²) in [5.41, 5.74) is 8.65. The molecule has 0 spiro atoms. The lowest BCUT2D eigenvalue weighted by Crippen LogP contribution is -2.30. The fraction of sp³-hybridized carbons (Fsp3) is 0.400. The predicted molar refractivity (Wildman–Crippen MR) is 149 cm³/mol. The number of nitrogens with zero attached hydrogens (tertiary/aromatic N) is 4. The number of hydrogen-bond acceptors (Lipinski definition) is 5. The molecule has 38 heavy (non-hydrogen) atoms. The molecule has 0 amide bonds. The number of hydrogen-bond donors (Lipinski definition) is 0. The second-order valence-electron chi connectivity index (χ2n) is 10.7. The number of aryl methyl sites for hydroxylation is 4. The molecule has 2 aliphatic rings. The van der Waals surface area contributed by atoms with Crippen LogP contribution < -0.4 is 15.0 Å². The third-order valence-electron chi connectivity index (χ3n) is 8.32. The van der Waals surface area contributed by atoms with E-state index < -0.39 is 0 Å². The third-order valence-corrected chi connectivity index (χ3v) is 8.67. The minimum Gasteiger partial charge on any atom is -0.454 e. The minimum absolute atomic E-state index is 0.00265. The summed E-state index contributed by atoms with van der Waals surface area (Å²) >= 11 is 6.65. The normalized spacial score (nSPS) is 15.0. The van der Waals surface area contributed by atoms with Crippen molar-refractivity contribution in [2.75, 3.05) is 13.8 Å². The molecule has 0 saturated carbocycles. The van der Waals surface area contributed by atoms with Crippen LogP contribution in [-0.2, 0) is 33.0 Å². The minimum atomic E-state index is 0.00265. The van der Waals surface area contributed by atoms with Crippen LogP contribution in [-0.4, -0.2) is 33.1 Å². The van der Waals surface area contributed by atoms with E-state index in [1.54, 1.807) is 6.07 Å². The molecule has 0 bridgehead atoms. The summed E-state index contributed by atoms with van der Waals surface area (Å²) in [4.78, 5) is 16.3. The Balaban J connectivity index is 1.43. The fourth-order valence-corrected chi connectivity index (χ4v) is 6.27. The predicted octanol–water partition coefficient (Wildman–Crippen LogP) is 5.46. The average Bonchev–Trinajstić information content (AvgIpc) is 3.59. The topological polar surface area (TPSA) is 61.5 Å². The van der Waals surface area contributed by atoms with Crippen LogP contribution in [0.25, 0.3) is 10.9 Å². The van der Waals surface area contributed by atoms with E-state index in [2.05, 4.69) is 49.1 Å². The molecule has 3 heterocycles. The van der Waals surface area contributed by atoms with E-state index >= 15 is 0 Å². The second kappa shape index (κ2) is 9.47. The molecule has 7 nitrogen and oxygen atoms in total. The van der Waals surface area contributed by atoms with Crippen molar-refractivity contribution in [2.45, 2.75) is 59.2 Å². The van der Waals surface area contributed by atoms with E-state index in [4.69, 9.17) is 21.1 Å². The van der Waals surface area contributed by atoms with Crippen LogP contribution in [0.1, 0.15) is 58.6 Å². The molecule has 2 aromatic heterocycles. The molecular weight excluding hydrogens is 500 g/mol. The van der Waals surface area contributed by atoms with E-state index in [1.807, 2.05) is 29.3 Å². The molecule has 8 heteroatoms. The standard InChI is InChI=1S/C30H33ClN4O3/c1-17-29(19(3)34(5)32-17)18(2)33(4)14-24-10-22-9-20-7-6-8-21(20)11-26(22)35(30(24)36)15-23-12-27-28(13-25(23)31)38-16-37-27/h9-13,18H,6-8,14-16H2,1-5H3/t18-/m0/s1. The molecule has 1 atom stereocenters. The van der Waals surface area contributed by atoms with Crippen molar-refractivity contribution < 1.29 is 9.47 Å². The maximum absolute atomic E-state index is 14.1. The Morgan fingerprint density at radius 1 is 1.05 bits per heavy atom. The zero-order valence-electron chi connectivity index (χ0n) is 22.6. The molecule has 6 rings (SSSR count). The zero-order chi connectivity index (χ0) is 26.7. The molecule has 4 aromatic rings. The first-order valence-electron chi connectivity index (χ1n) is 13.2. The van der Waals surface area contributed by atoms with Crippen LogP contribution in [0.5, 0.6) is 11.5 Å². The maximum atomic E-state index is 14.1. The smallest absolute Gasteiger partial charge is 0.255 e. The lowest BCUT2D eigenvalue weighted by Gasteiger charge is -2.26. The van der Waals surface area contributed by atoms with Gasteiger partial charge in [0, 0.05) is 47.5 Å². The van der Waals surface area contributed by atoms with Crippen LogP contribution in [0.4, 0.5) is 0 Å². The van der Waals surface area contributed by atoms with Crippen LogP contribution in [0.15, 0.2) is 35.1 Å². The summed E-state index contributed by atoms with van der Waals surface area (Å²) in [5, 5.41) is 6.25. The molecule has 198 valence electrons. The molecule has 0 unspecified atom stereocenters. The Labute approximate surface area is 227 Å². The highest BCUT2D eigenvalue weighted by atomic mass is 35.5. The van der Waals surface area contributed by atoms with E-state index in [0.717, 1.165) is 52.7 Å². The van der Waals surface area contributed by atoms with Crippen LogP contribution in [0, 0.1) is 13.8 Å². The van der Waals surface area contributed by atoms with E-state index in [0.29, 0.717) is 29.6 Å². The number of ether oxygens (including phenoxy) is 2. The molecule has 0 fully saturated rings. The van der Waals surface area contributed by atoms with Gasteiger partial charge in [0.05, 0.1) is 17.8 Å². The van der Waals surface area contributed by atoms with E-state index in [-0.39, 0.29) is 18.4 Å². The SMILES string of the molecule is Cc1nn(C)c(C)c1[C@H](C)N(C)Cc1cc2cc3c(cc2n(Cc2cc4c(cc2Cl)OCO4)c1=O)CCC3. The molecule has 0 radical (unpaired) electrons. The Bertz CT molecular complexity index is 1640. The molecular formula is C30H33ClN4O3. The fourth-order valence-electron chi connectivity index (χ4n) is 6.05. The first-order chi connectivity index (χ1) is 18.2. The number of aromatic nitrogens is 3. The first kappa shape index (κ1) is 25.0. The summed E-state index contributed by atoms with van der Waals surface area (Å²) in [6, 6.07) is 10.3. The zero-order valence-corrected chi connectivity index (χ0v) is 23.4. The molecule has 0 N–H and O–H groups in total. The Morgan fingerprint density at radius 2 is 1.76 bits per heavy atom. The maximum Gasteiger partial charge on any atom is 0.255 e. The number of benzene rings is 2. The van der Waals surface area contributed by atoms with Gasteiger partial charge >= 0.3 is 0 Å². The van der Waals surface area contributed by atoms with Crippen LogP contribution >= 0.6 is 11.6 Å². The van der Waals surface area contributed by atoms with Crippen molar-refractivity contribution in [2.24, 2.45) is 7.05 Å². The summed E-state index contributed by atoms with van der Waals surface area (Å²) < 4.78 is 14.9. The van der Waals surface area contributed by atoms with Gasteiger partial charge in [0.1, 0.15) is 0 Å². The van der Waals surface area contributed by atoms with Crippen molar-refractivity contribution >= 4 is 22.5 Å². The van der Waals surface area contributed by atoms with Crippen molar-refractivity contribution in [3.8, 4) is 11.5 Å². The van der Waals surface area contributed by atoms with Gasteiger partial charge < -0.3 is 14.0 Å². The average molecular weight is 533 g/mol. The summed E-state index contributed by atoms with van der Waals surface area (Å²) in [5.74, 6) is 1.30. The largest absolute Gasteiger partial charge is 0.454 e. The summed E-state index contributed by atoms with van der Waals surface area (Å²) in [7, 11) is 4.04. The highest BCUT2D eigenvalue weighted by Crippen LogP contribution is 2.37. The number of pyridine rings is 1. The summed E-state index contributed by atoms with van der Waals surface area (Å²) in [6.45, 7) is 7.38. The first-order valence-corrected chi connectivity index (χ1v) is 13.6. The number of halogens is 1. The number of rotatable bonds is 6. The van der Waals surface area contributed by atoms with Gasteiger partial charge in [-0.25, -0.2) is 0 Å². The molecule has 0 saturated heterocycles. The Hall–Kier alpha value is -3.29. The monoisotopic (exact) mass is 532 g/mol. The highest BCUT2D eigenvalue weighted by Gasteiger charge is 2.23. The quantitative estimate of drug-likeness (QED) is 0.330. The van der Waals surface area contributed by atoms with E-state index in [9.17, 15) is 4.79 Å². The van der Waals surface area contributed by atoms with Crippen molar-refractivity contribution in [1.82, 2.24) is 19.2 Å². The van der Waals surface area contributed by atoms with Crippen molar-refractivity contribution in [3.63, 3.8) is 0 Å². The van der Waals surface area contributed by atoms with Crippen LogP contribution in [0.3, 0.4) is 0 Å². The highest BCUT2D eigenvalue weighted by molar-refractivity contribution is 6.31. The van der Waals surface area contributed by atoms with Gasteiger partial charge in [-0.15, -0.1) is 0 Å². The van der Waals surface area contributed by atoms with Gasteiger partial charge in [0.15, 0.2) is 11.5 Å². The van der Waals surface area contributed by atoms with Gasteiger partial charge in [-0.2, -0.15) is 5.10 Å². The van der Waals surface area contributed by atoms with Crippen molar-refractivity contribution in [1.29, 1.82) is 0 Å². The molecule has 1 aliphatic carbocycles. The van der Waals surface area contributed by atoms with Crippen LogP contribution in [0.2, 0.25) is 5.02 Å². The molecule has 2 aromatic carbocycles. The third kappa shape index (κ3) is 4.18. The lowest BCUT2D eigenvalue weighted by atomic mass is 10.0. The molecule has 1 aliphatic heterocycles. The van der Waals surface area contributed by atoms with Gasteiger partial charge in [-0.05, 0) is 93.4 Å². The Morgan fingerprint density at radius 3 is 2.47 bits per heavy atom. The van der Waals surface area contributed by atoms with E-state index in [1.165, 1.54) is 16.7 Å². The lowest BCUT2D eigenvalue weighted by molar-refractivity contribution is 0.174. The van der Waals surface area contributed by atoms with Gasteiger partial charge in [0.25, 0.3) is 5.56 Å². The Kier molecular flexibility index (Phi) is 6.23. The second-order valence-corrected chi connectivity index (χ2v) is 11.1. The van der Waals surface area contributed by atoms with Gasteiger partial charge in [0.2, 0.25) is 6.79 Å². The number of fused-ring (bicyclic) bond motifs is 3.